The summed E-state index contributed by atoms with van der Waals surface area (Å²) in [5, 5.41) is 9.11. The Morgan fingerprint density at radius 3 is 1.68 bits per heavy atom. The quantitative estimate of drug-likeness (QED) is 0.818. The maximum absolute atomic E-state index is 12.3. The molecule has 0 fully saturated rings. The molecular formula is C14H12F3NO. The maximum atomic E-state index is 12.3. The smallest absolute Gasteiger partial charge is 0.399 e. The van der Waals surface area contributed by atoms with Crippen molar-refractivity contribution in [2.75, 3.05) is 5.73 Å². The maximum Gasteiger partial charge on any atom is 0.418 e. The highest BCUT2D eigenvalue weighted by Gasteiger charge is 2.39. The zero-order chi connectivity index (χ0) is 14.0. The van der Waals surface area contributed by atoms with Crippen molar-refractivity contribution >= 4 is 5.69 Å². The SMILES string of the molecule is Nc1ccc(-c2ccc([C@@H](O)C(F)(F)F)cc2)cc1. The predicted molar refractivity (Wildman–Crippen MR) is 67.3 cm³/mol. The summed E-state index contributed by atoms with van der Waals surface area (Å²) in [7, 11) is 0. The molecule has 0 amide bonds. The Balaban J connectivity index is 2.26. The van der Waals surface area contributed by atoms with Gasteiger partial charge in [-0.1, -0.05) is 36.4 Å². The van der Waals surface area contributed by atoms with E-state index in [2.05, 4.69) is 0 Å². The fourth-order valence-corrected chi connectivity index (χ4v) is 1.72. The predicted octanol–water partition coefficient (Wildman–Crippen LogP) is 3.53. The molecule has 0 saturated carbocycles. The van der Waals surface area contributed by atoms with Crippen molar-refractivity contribution in [2.45, 2.75) is 12.3 Å². The van der Waals surface area contributed by atoms with Crippen LogP contribution in [0.5, 0.6) is 0 Å². The van der Waals surface area contributed by atoms with Crippen LogP contribution in [0, 0.1) is 0 Å². The van der Waals surface area contributed by atoms with E-state index < -0.39 is 12.3 Å². The van der Waals surface area contributed by atoms with Gasteiger partial charge in [0, 0.05) is 5.69 Å². The molecule has 100 valence electrons. The van der Waals surface area contributed by atoms with E-state index in [4.69, 9.17) is 10.8 Å². The van der Waals surface area contributed by atoms with Crippen molar-refractivity contribution in [3.05, 3.63) is 54.1 Å². The van der Waals surface area contributed by atoms with Crippen molar-refractivity contribution < 1.29 is 18.3 Å². The molecule has 1 atom stereocenters. The van der Waals surface area contributed by atoms with Crippen molar-refractivity contribution in [2.24, 2.45) is 0 Å². The molecule has 0 aliphatic rings. The van der Waals surface area contributed by atoms with Crippen molar-refractivity contribution in [3.63, 3.8) is 0 Å². The second-order valence-corrected chi connectivity index (χ2v) is 4.19. The van der Waals surface area contributed by atoms with E-state index in [0.717, 1.165) is 11.1 Å². The number of aliphatic hydroxyl groups excluding tert-OH is 1. The third kappa shape index (κ3) is 3.06. The van der Waals surface area contributed by atoms with Gasteiger partial charge >= 0.3 is 6.18 Å². The molecule has 0 spiro atoms. The third-order valence-corrected chi connectivity index (χ3v) is 2.78. The molecule has 2 aromatic carbocycles. The second kappa shape index (κ2) is 4.93. The largest absolute Gasteiger partial charge is 0.418 e. The molecule has 0 saturated heterocycles. The van der Waals surface area contributed by atoms with Gasteiger partial charge in [-0.05, 0) is 28.8 Å². The van der Waals surface area contributed by atoms with Gasteiger partial charge in [0.2, 0.25) is 0 Å². The van der Waals surface area contributed by atoms with Crippen LogP contribution in [0.1, 0.15) is 11.7 Å². The highest BCUT2D eigenvalue weighted by molar-refractivity contribution is 5.65. The number of halogens is 3. The summed E-state index contributed by atoms with van der Waals surface area (Å²) in [5.41, 5.74) is 7.61. The first-order chi connectivity index (χ1) is 8.88. The fourth-order valence-electron chi connectivity index (χ4n) is 1.72. The lowest BCUT2D eigenvalue weighted by Gasteiger charge is -2.15. The van der Waals surface area contributed by atoms with Crippen LogP contribution in [0.3, 0.4) is 0 Å². The molecule has 0 unspecified atom stereocenters. The molecule has 0 radical (unpaired) electrons. The Kier molecular flexibility index (Phi) is 3.48. The average Bonchev–Trinajstić information content (AvgIpc) is 2.38. The van der Waals surface area contributed by atoms with Gasteiger partial charge in [0.1, 0.15) is 0 Å². The monoisotopic (exact) mass is 267 g/mol. The summed E-state index contributed by atoms with van der Waals surface area (Å²) in [4.78, 5) is 0. The Bertz CT molecular complexity index is 546. The Morgan fingerprint density at radius 1 is 0.842 bits per heavy atom. The zero-order valence-electron chi connectivity index (χ0n) is 9.85. The molecular weight excluding hydrogens is 255 g/mol. The van der Waals surface area contributed by atoms with E-state index >= 15 is 0 Å². The molecule has 0 aliphatic heterocycles. The number of alkyl halides is 3. The van der Waals surface area contributed by atoms with Crippen LogP contribution in [-0.4, -0.2) is 11.3 Å². The lowest BCUT2D eigenvalue weighted by Crippen LogP contribution is -2.19. The lowest BCUT2D eigenvalue weighted by atomic mass is 10.0. The number of rotatable bonds is 2. The van der Waals surface area contributed by atoms with Gasteiger partial charge in [0.05, 0.1) is 0 Å². The second-order valence-electron chi connectivity index (χ2n) is 4.19. The highest BCUT2D eigenvalue weighted by Crippen LogP contribution is 2.33. The Morgan fingerprint density at radius 2 is 1.26 bits per heavy atom. The highest BCUT2D eigenvalue weighted by atomic mass is 19.4. The summed E-state index contributed by atoms with van der Waals surface area (Å²) >= 11 is 0. The standard InChI is InChI=1S/C14H12F3NO/c15-14(16,17)13(19)11-3-1-9(2-4-11)10-5-7-12(18)8-6-10/h1-8,13,19H,18H2/t13-/m1/s1. The van der Waals surface area contributed by atoms with E-state index in [1.807, 2.05) is 0 Å². The van der Waals surface area contributed by atoms with Crippen LogP contribution in [0.15, 0.2) is 48.5 Å². The van der Waals surface area contributed by atoms with Crippen LogP contribution < -0.4 is 5.73 Å². The molecule has 3 N–H and O–H groups in total. The topological polar surface area (TPSA) is 46.2 Å². The number of hydrogen-bond acceptors (Lipinski definition) is 2. The minimum absolute atomic E-state index is 0.174. The van der Waals surface area contributed by atoms with Crippen molar-refractivity contribution in [1.29, 1.82) is 0 Å². The molecule has 2 nitrogen and oxygen atoms in total. The van der Waals surface area contributed by atoms with Crippen LogP contribution in [-0.2, 0) is 0 Å². The number of nitrogen functional groups attached to an aromatic ring is 1. The zero-order valence-corrected chi connectivity index (χ0v) is 9.85. The lowest BCUT2D eigenvalue weighted by molar-refractivity contribution is -0.206. The van der Waals surface area contributed by atoms with E-state index in [1.54, 1.807) is 24.3 Å². The normalized spacial score (nSPS) is 13.3. The molecule has 5 heteroatoms. The summed E-state index contributed by atoms with van der Waals surface area (Å²) in [6.07, 6.45) is -7.10. The number of hydrogen-bond donors (Lipinski definition) is 2. The number of benzene rings is 2. The molecule has 2 rings (SSSR count). The van der Waals surface area contributed by atoms with E-state index in [1.165, 1.54) is 24.3 Å². The van der Waals surface area contributed by atoms with E-state index in [9.17, 15) is 13.2 Å². The number of nitrogens with two attached hydrogens (primary N) is 1. The van der Waals surface area contributed by atoms with Gasteiger partial charge in [-0.2, -0.15) is 13.2 Å². The molecule has 0 bridgehead atoms. The minimum atomic E-state index is -4.65. The summed E-state index contributed by atoms with van der Waals surface area (Å²) < 4.78 is 37.0. The van der Waals surface area contributed by atoms with Crippen LogP contribution in [0.2, 0.25) is 0 Å². The van der Waals surface area contributed by atoms with E-state index in [0.29, 0.717) is 5.69 Å². The van der Waals surface area contributed by atoms with Gasteiger partial charge in [-0.15, -0.1) is 0 Å². The summed E-state index contributed by atoms with van der Waals surface area (Å²) in [6.45, 7) is 0. The molecule has 0 aromatic heterocycles. The molecule has 0 aliphatic carbocycles. The van der Waals surface area contributed by atoms with Crippen LogP contribution >= 0.6 is 0 Å². The molecule has 0 heterocycles. The van der Waals surface area contributed by atoms with Crippen LogP contribution in [0.4, 0.5) is 18.9 Å². The van der Waals surface area contributed by atoms with Gasteiger partial charge in [-0.3, -0.25) is 0 Å². The first-order valence-electron chi connectivity index (χ1n) is 5.58. The molecule has 19 heavy (non-hydrogen) atoms. The van der Waals surface area contributed by atoms with Gasteiger partial charge in [0.15, 0.2) is 6.10 Å². The Labute approximate surface area is 108 Å². The first-order valence-corrected chi connectivity index (χ1v) is 5.58. The van der Waals surface area contributed by atoms with Crippen LogP contribution in [0.25, 0.3) is 11.1 Å². The van der Waals surface area contributed by atoms with Gasteiger partial charge in [0.25, 0.3) is 0 Å². The van der Waals surface area contributed by atoms with Gasteiger partial charge in [-0.25, -0.2) is 0 Å². The summed E-state index contributed by atoms with van der Waals surface area (Å²) in [6, 6.07) is 12.6. The van der Waals surface area contributed by atoms with Crippen molar-refractivity contribution in [1.82, 2.24) is 0 Å². The molecule has 2 aromatic rings. The van der Waals surface area contributed by atoms with Crippen molar-refractivity contribution in [3.8, 4) is 11.1 Å². The van der Waals surface area contributed by atoms with Gasteiger partial charge < -0.3 is 10.8 Å². The number of anilines is 1. The van der Waals surface area contributed by atoms with E-state index in [-0.39, 0.29) is 5.56 Å². The third-order valence-electron chi connectivity index (χ3n) is 2.78. The average molecular weight is 267 g/mol. The fraction of sp³-hybridized carbons (Fsp3) is 0.143. The number of aliphatic hydroxyl groups is 1. The first kappa shape index (κ1) is 13.4. The minimum Gasteiger partial charge on any atom is -0.399 e. The summed E-state index contributed by atoms with van der Waals surface area (Å²) in [5.74, 6) is 0. The Hall–Kier alpha value is -2.01.